The summed E-state index contributed by atoms with van der Waals surface area (Å²) in [5.74, 6) is -0.745. The number of nitrogens with zero attached hydrogens (tertiary/aromatic N) is 1. The van der Waals surface area contributed by atoms with Crippen molar-refractivity contribution in [1.29, 1.82) is 0 Å². The fourth-order valence-corrected chi connectivity index (χ4v) is 2.28. The van der Waals surface area contributed by atoms with Crippen LogP contribution in [0.4, 0.5) is 24.5 Å². The molecular formula is C17H17ClF3N3O. The van der Waals surface area contributed by atoms with Gasteiger partial charge in [-0.3, -0.25) is 9.78 Å². The zero-order chi connectivity index (χ0) is 18.8. The van der Waals surface area contributed by atoms with Crippen molar-refractivity contribution >= 4 is 28.9 Å². The maximum Gasteiger partial charge on any atom is 0.418 e. The predicted molar refractivity (Wildman–Crippen MR) is 92.0 cm³/mol. The molecule has 0 aliphatic heterocycles. The number of aromatic nitrogens is 1. The number of pyridine rings is 1. The Kier molecular flexibility index (Phi) is 5.27. The molecule has 0 saturated carbocycles. The summed E-state index contributed by atoms with van der Waals surface area (Å²) in [6, 6.07) is 6.30. The average molecular weight is 372 g/mol. The van der Waals surface area contributed by atoms with Crippen molar-refractivity contribution < 1.29 is 18.0 Å². The van der Waals surface area contributed by atoms with Gasteiger partial charge in [0.1, 0.15) is 5.69 Å². The van der Waals surface area contributed by atoms with Crippen molar-refractivity contribution in [1.82, 2.24) is 4.98 Å². The third kappa shape index (κ3) is 5.35. The fraction of sp³-hybridized carbons (Fsp3) is 0.294. The standard InChI is InChI=1S/C17H17ClF3N3O/c1-16(2,3)24-11-6-7-22-14(9-11)15(25)23-13-5-4-10(18)8-12(13)17(19,20)21/h4-9H,1-3H3,(H,22,24)(H,23,25). The van der Waals surface area contributed by atoms with Gasteiger partial charge < -0.3 is 10.6 Å². The van der Waals surface area contributed by atoms with E-state index < -0.39 is 17.6 Å². The molecule has 2 aromatic rings. The number of carbonyl (C=O) groups is 1. The molecule has 2 rings (SSSR count). The molecule has 1 amide bonds. The van der Waals surface area contributed by atoms with E-state index in [9.17, 15) is 18.0 Å². The summed E-state index contributed by atoms with van der Waals surface area (Å²) in [5.41, 5.74) is -0.998. The summed E-state index contributed by atoms with van der Waals surface area (Å²) < 4.78 is 39.3. The van der Waals surface area contributed by atoms with Crippen LogP contribution in [0.25, 0.3) is 0 Å². The van der Waals surface area contributed by atoms with Crippen LogP contribution in [0.15, 0.2) is 36.5 Å². The molecule has 0 unspecified atom stereocenters. The van der Waals surface area contributed by atoms with E-state index in [4.69, 9.17) is 11.6 Å². The van der Waals surface area contributed by atoms with Crippen molar-refractivity contribution in [2.45, 2.75) is 32.5 Å². The lowest BCUT2D eigenvalue weighted by Crippen LogP contribution is -2.26. The van der Waals surface area contributed by atoms with E-state index in [1.165, 1.54) is 18.3 Å². The van der Waals surface area contributed by atoms with Crippen molar-refractivity contribution in [3.05, 3.63) is 52.8 Å². The van der Waals surface area contributed by atoms with Crippen molar-refractivity contribution in [3.8, 4) is 0 Å². The van der Waals surface area contributed by atoms with Gasteiger partial charge in [0.25, 0.3) is 5.91 Å². The minimum Gasteiger partial charge on any atom is -0.380 e. The molecule has 0 saturated heterocycles. The summed E-state index contributed by atoms with van der Waals surface area (Å²) in [4.78, 5) is 16.2. The third-order valence-corrected chi connectivity index (χ3v) is 3.28. The van der Waals surface area contributed by atoms with Gasteiger partial charge >= 0.3 is 6.18 Å². The molecule has 1 aromatic carbocycles. The van der Waals surface area contributed by atoms with Gasteiger partial charge in [0.15, 0.2) is 0 Å². The van der Waals surface area contributed by atoms with Crippen LogP contribution in [0, 0.1) is 0 Å². The molecule has 0 spiro atoms. The molecule has 0 aliphatic rings. The summed E-state index contributed by atoms with van der Waals surface area (Å²) in [6.07, 6.45) is -3.23. The second-order valence-electron chi connectivity index (χ2n) is 6.45. The van der Waals surface area contributed by atoms with Crippen LogP contribution >= 0.6 is 11.6 Å². The van der Waals surface area contributed by atoms with Crippen LogP contribution in [0.3, 0.4) is 0 Å². The van der Waals surface area contributed by atoms with Gasteiger partial charge in [-0.05, 0) is 51.1 Å². The topological polar surface area (TPSA) is 54.0 Å². The number of nitrogens with one attached hydrogen (secondary N) is 2. The largest absolute Gasteiger partial charge is 0.418 e. The van der Waals surface area contributed by atoms with Crippen LogP contribution in [0.5, 0.6) is 0 Å². The van der Waals surface area contributed by atoms with Crippen LogP contribution in [0.2, 0.25) is 5.02 Å². The molecule has 0 radical (unpaired) electrons. The van der Waals surface area contributed by atoms with E-state index >= 15 is 0 Å². The number of halogens is 4. The minimum atomic E-state index is -4.64. The number of amides is 1. The van der Waals surface area contributed by atoms with Crippen LogP contribution in [-0.4, -0.2) is 16.4 Å². The second-order valence-corrected chi connectivity index (χ2v) is 6.88. The van der Waals surface area contributed by atoms with Crippen LogP contribution < -0.4 is 10.6 Å². The lowest BCUT2D eigenvalue weighted by Gasteiger charge is -2.22. The highest BCUT2D eigenvalue weighted by atomic mass is 35.5. The Hall–Kier alpha value is -2.28. The van der Waals surface area contributed by atoms with Gasteiger partial charge in [0, 0.05) is 22.4 Å². The maximum atomic E-state index is 13.1. The van der Waals surface area contributed by atoms with Crippen molar-refractivity contribution in [3.63, 3.8) is 0 Å². The van der Waals surface area contributed by atoms with Gasteiger partial charge in [-0.25, -0.2) is 0 Å². The third-order valence-electron chi connectivity index (χ3n) is 3.05. The molecule has 4 nitrogen and oxygen atoms in total. The molecule has 0 aliphatic carbocycles. The Bertz CT molecular complexity index is 785. The molecule has 0 bridgehead atoms. The number of hydrogen-bond acceptors (Lipinski definition) is 3. The zero-order valence-electron chi connectivity index (χ0n) is 13.8. The number of anilines is 2. The number of benzene rings is 1. The Balaban J connectivity index is 2.28. The molecule has 2 N–H and O–H groups in total. The van der Waals surface area contributed by atoms with Crippen LogP contribution in [-0.2, 0) is 6.18 Å². The molecule has 8 heteroatoms. The average Bonchev–Trinajstić information content (AvgIpc) is 2.46. The first-order valence-electron chi connectivity index (χ1n) is 7.38. The summed E-state index contributed by atoms with van der Waals surface area (Å²) in [7, 11) is 0. The van der Waals surface area contributed by atoms with Gasteiger partial charge in [0.05, 0.1) is 11.3 Å². The molecule has 1 heterocycles. The van der Waals surface area contributed by atoms with E-state index in [2.05, 4.69) is 15.6 Å². The van der Waals surface area contributed by atoms with Crippen molar-refractivity contribution in [2.24, 2.45) is 0 Å². The van der Waals surface area contributed by atoms with Crippen molar-refractivity contribution in [2.75, 3.05) is 10.6 Å². The smallest absolute Gasteiger partial charge is 0.380 e. The Labute approximate surface area is 148 Å². The van der Waals surface area contributed by atoms with E-state index in [0.29, 0.717) is 5.69 Å². The van der Waals surface area contributed by atoms with Gasteiger partial charge in [0.2, 0.25) is 0 Å². The Morgan fingerprint density at radius 1 is 1.12 bits per heavy atom. The first-order valence-corrected chi connectivity index (χ1v) is 7.76. The van der Waals surface area contributed by atoms with Gasteiger partial charge in [-0.1, -0.05) is 11.6 Å². The van der Waals surface area contributed by atoms with Gasteiger partial charge in [-0.15, -0.1) is 0 Å². The maximum absolute atomic E-state index is 13.1. The second kappa shape index (κ2) is 6.92. The van der Waals surface area contributed by atoms with E-state index in [1.807, 2.05) is 20.8 Å². The highest BCUT2D eigenvalue weighted by molar-refractivity contribution is 6.30. The highest BCUT2D eigenvalue weighted by Crippen LogP contribution is 2.36. The number of rotatable bonds is 3. The lowest BCUT2D eigenvalue weighted by molar-refractivity contribution is -0.136. The molecule has 0 fully saturated rings. The molecule has 1 aromatic heterocycles. The summed E-state index contributed by atoms with van der Waals surface area (Å²) >= 11 is 5.63. The Morgan fingerprint density at radius 2 is 1.80 bits per heavy atom. The van der Waals surface area contributed by atoms with Gasteiger partial charge in [-0.2, -0.15) is 13.2 Å². The molecule has 25 heavy (non-hydrogen) atoms. The first kappa shape index (κ1) is 19.1. The lowest BCUT2D eigenvalue weighted by atomic mass is 10.1. The molecule has 134 valence electrons. The molecular weight excluding hydrogens is 355 g/mol. The quantitative estimate of drug-likeness (QED) is 0.778. The monoisotopic (exact) mass is 371 g/mol. The number of alkyl halides is 3. The summed E-state index contributed by atoms with van der Waals surface area (Å²) in [5, 5.41) is 5.34. The fourth-order valence-electron chi connectivity index (χ4n) is 2.11. The number of carbonyl (C=O) groups excluding carboxylic acids is 1. The van der Waals surface area contributed by atoms with E-state index in [0.717, 1.165) is 12.1 Å². The normalized spacial score (nSPS) is 12.0. The van der Waals surface area contributed by atoms with E-state index in [-0.39, 0.29) is 21.9 Å². The zero-order valence-corrected chi connectivity index (χ0v) is 14.6. The first-order chi connectivity index (χ1) is 11.5. The molecule has 0 atom stereocenters. The minimum absolute atomic E-state index is 0.00248. The number of hydrogen-bond donors (Lipinski definition) is 2. The highest BCUT2D eigenvalue weighted by Gasteiger charge is 2.34. The predicted octanol–water partition coefficient (Wildman–Crippen LogP) is 5.22. The van der Waals surface area contributed by atoms with Crippen LogP contribution in [0.1, 0.15) is 36.8 Å². The SMILES string of the molecule is CC(C)(C)Nc1ccnc(C(=O)Nc2ccc(Cl)cc2C(F)(F)F)c1. The Morgan fingerprint density at radius 3 is 2.40 bits per heavy atom. The van der Waals surface area contributed by atoms with E-state index in [1.54, 1.807) is 6.07 Å². The summed E-state index contributed by atoms with van der Waals surface area (Å²) in [6.45, 7) is 5.82.